The maximum absolute atomic E-state index is 12.7. The van der Waals surface area contributed by atoms with Crippen molar-refractivity contribution in [3.63, 3.8) is 0 Å². The molecule has 1 fully saturated rings. The second-order valence-corrected chi connectivity index (χ2v) is 9.20. The number of carbonyl (C=O) groups excluding carboxylic acids is 1. The summed E-state index contributed by atoms with van der Waals surface area (Å²) in [6.45, 7) is 6.14. The molecule has 0 N–H and O–H groups in total. The molecule has 4 aromatic rings. The van der Waals surface area contributed by atoms with Gasteiger partial charge in [-0.15, -0.1) is 10.2 Å². The molecule has 3 aromatic carbocycles. The second-order valence-electron chi connectivity index (χ2n) is 8.27. The van der Waals surface area contributed by atoms with Crippen LogP contribution < -0.4 is 0 Å². The summed E-state index contributed by atoms with van der Waals surface area (Å²) in [5.41, 5.74) is 3.34. The van der Waals surface area contributed by atoms with Crippen LogP contribution in [0.3, 0.4) is 0 Å². The van der Waals surface area contributed by atoms with Crippen LogP contribution in [0.15, 0.2) is 76.4 Å². The van der Waals surface area contributed by atoms with Crippen LogP contribution in [0.2, 0.25) is 0 Å². The molecule has 1 aliphatic heterocycles. The van der Waals surface area contributed by atoms with E-state index in [-0.39, 0.29) is 5.91 Å². The molecule has 2 heterocycles. The summed E-state index contributed by atoms with van der Waals surface area (Å²) in [5.74, 6) is 0.907. The Bertz CT molecular complexity index is 1260. The van der Waals surface area contributed by atoms with Crippen LogP contribution in [0.4, 0.5) is 0 Å². The van der Waals surface area contributed by atoms with E-state index in [1.807, 2.05) is 36.1 Å². The molecule has 1 saturated heterocycles. The molecule has 0 aliphatic carbocycles. The largest absolute Gasteiger partial charge is 0.411 e. The zero-order valence-electron chi connectivity index (χ0n) is 18.6. The number of thioether (sulfide) groups is 1. The molecule has 0 bridgehead atoms. The normalized spacial score (nSPS) is 14.6. The topological polar surface area (TPSA) is 62.5 Å². The minimum absolute atomic E-state index is 0.112. The molecule has 6 nitrogen and oxygen atoms in total. The summed E-state index contributed by atoms with van der Waals surface area (Å²) < 4.78 is 5.77. The Hall–Kier alpha value is -3.16. The first kappa shape index (κ1) is 21.7. The maximum atomic E-state index is 12.7. The average molecular weight is 459 g/mol. The van der Waals surface area contributed by atoms with Crippen LogP contribution in [0, 0.1) is 6.92 Å². The number of rotatable bonds is 6. The van der Waals surface area contributed by atoms with E-state index < -0.39 is 0 Å². The van der Waals surface area contributed by atoms with Gasteiger partial charge in [0, 0.05) is 38.3 Å². The molecule has 33 heavy (non-hydrogen) atoms. The van der Waals surface area contributed by atoms with Crippen molar-refractivity contribution in [3.05, 3.63) is 77.9 Å². The lowest BCUT2D eigenvalue weighted by molar-refractivity contribution is -0.130. The third-order valence-electron chi connectivity index (χ3n) is 6.10. The Morgan fingerprint density at radius 3 is 2.55 bits per heavy atom. The van der Waals surface area contributed by atoms with Gasteiger partial charge in [-0.1, -0.05) is 72.4 Å². The minimum Gasteiger partial charge on any atom is -0.411 e. The van der Waals surface area contributed by atoms with Gasteiger partial charge in [-0.2, -0.15) is 0 Å². The number of carbonyl (C=O) groups is 1. The Kier molecular flexibility index (Phi) is 6.41. The Morgan fingerprint density at radius 1 is 0.939 bits per heavy atom. The molecular formula is C26H26N4O2S. The fraction of sp³-hybridized carbons (Fsp3) is 0.269. The number of benzene rings is 3. The number of piperazine rings is 1. The van der Waals surface area contributed by atoms with E-state index in [0.717, 1.165) is 43.9 Å². The Balaban J connectivity index is 1.13. The van der Waals surface area contributed by atoms with E-state index in [1.54, 1.807) is 0 Å². The molecule has 1 aliphatic rings. The van der Waals surface area contributed by atoms with Gasteiger partial charge in [0.05, 0.1) is 5.75 Å². The number of nitrogens with zero attached hydrogens (tertiary/aromatic N) is 4. The molecule has 0 atom stereocenters. The zero-order chi connectivity index (χ0) is 22.6. The van der Waals surface area contributed by atoms with Crippen LogP contribution in [0.5, 0.6) is 0 Å². The van der Waals surface area contributed by atoms with Crippen LogP contribution in [0.1, 0.15) is 11.1 Å². The fourth-order valence-corrected chi connectivity index (χ4v) is 4.90. The quantitative estimate of drug-likeness (QED) is 0.393. The molecule has 0 radical (unpaired) electrons. The summed E-state index contributed by atoms with van der Waals surface area (Å²) in [6, 6.07) is 22.9. The lowest BCUT2D eigenvalue weighted by Gasteiger charge is -2.34. The molecule has 7 heteroatoms. The van der Waals surface area contributed by atoms with Crippen molar-refractivity contribution in [1.82, 2.24) is 20.0 Å². The molecule has 0 saturated carbocycles. The molecule has 1 aromatic heterocycles. The van der Waals surface area contributed by atoms with Gasteiger partial charge in [0.2, 0.25) is 11.8 Å². The van der Waals surface area contributed by atoms with Gasteiger partial charge in [-0.05, 0) is 34.9 Å². The number of aryl methyl sites for hydroxylation is 1. The molecule has 5 rings (SSSR count). The van der Waals surface area contributed by atoms with Crippen LogP contribution in [-0.2, 0) is 11.3 Å². The minimum atomic E-state index is 0.112. The van der Waals surface area contributed by atoms with Crippen molar-refractivity contribution in [3.8, 4) is 11.5 Å². The van der Waals surface area contributed by atoms with Gasteiger partial charge in [-0.3, -0.25) is 9.69 Å². The number of fused-ring (bicyclic) bond motifs is 1. The van der Waals surface area contributed by atoms with Crippen LogP contribution >= 0.6 is 11.8 Å². The van der Waals surface area contributed by atoms with Gasteiger partial charge in [-0.25, -0.2) is 0 Å². The molecular weight excluding hydrogens is 432 g/mol. The van der Waals surface area contributed by atoms with E-state index >= 15 is 0 Å². The zero-order valence-corrected chi connectivity index (χ0v) is 19.4. The first-order valence-corrected chi connectivity index (χ1v) is 12.1. The maximum Gasteiger partial charge on any atom is 0.277 e. The predicted molar refractivity (Wildman–Crippen MR) is 131 cm³/mol. The van der Waals surface area contributed by atoms with Crippen molar-refractivity contribution in [2.24, 2.45) is 0 Å². The van der Waals surface area contributed by atoms with Crippen molar-refractivity contribution < 1.29 is 9.21 Å². The Labute approximate surface area is 197 Å². The summed E-state index contributed by atoms with van der Waals surface area (Å²) in [7, 11) is 0. The van der Waals surface area contributed by atoms with E-state index in [1.165, 1.54) is 28.1 Å². The highest BCUT2D eigenvalue weighted by Gasteiger charge is 2.22. The third kappa shape index (κ3) is 4.94. The summed E-state index contributed by atoms with van der Waals surface area (Å²) in [5, 5.41) is 11.2. The highest BCUT2D eigenvalue weighted by molar-refractivity contribution is 7.99. The van der Waals surface area contributed by atoms with Gasteiger partial charge >= 0.3 is 0 Å². The van der Waals surface area contributed by atoms with Gasteiger partial charge < -0.3 is 9.32 Å². The summed E-state index contributed by atoms with van der Waals surface area (Å²) in [4.78, 5) is 17.1. The van der Waals surface area contributed by atoms with Crippen molar-refractivity contribution in [1.29, 1.82) is 0 Å². The van der Waals surface area contributed by atoms with E-state index in [0.29, 0.717) is 16.9 Å². The molecule has 0 unspecified atom stereocenters. The van der Waals surface area contributed by atoms with Crippen LogP contribution in [0.25, 0.3) is 22.2 Å². The first-order chi connectivity index (χ1) is 16.2. The number of aromatic nitrogens is 2. The van der Waals surface area contributed by atoms with E-state index in [4.69, 9.17) is 4.42 Å². The monoisotopic (exact) mass is 458 g/mol. The predicted octanol–water partition coefficient (Wildman–Crippen LogP) is 4.63. The smallest absolute Gasteiger partial charge is 0.277 e. The lowest BCUT2D eigenvalue weighted by Crippen LogP contribution is -2.48. The van der Waals surface area contributed by atoms with Crippen LogP contribution in [-0.4, -0.2) is 57.8 Å². The SMILES string of the molecule is Cc1ccccc1-c1nnc(SCC(=O)N2CCN(Cc3cccc4ccccc34)CC2)o1. The number of hydrogen-bond donors (Lipinski definition) is 0. The molecule has 0 spiro atoms. The molecule has 1 amide bonds. The second kappa shape index (κ2) is 9.77. The van der Waals surface area contributed by atoms with Crippen molar-refractivity contribution in [2.45, 2.75) is 18.7 Å². The van der Waals surface area contributed by atoms with Gasteiger partial charge in [0.25, 0.3) is 5.22 Å². The first-order valence-electron chi connectivity index (χ1n) is 11.2. The van der Waals surface area contributed by atoms with E-state index in [9.17, 15) is 4.79 Å². The third-order valence-corrected chi connectivity index (χ3v) is 6.90. The highest BCUT2D eigenvalue weighted by atomic mass is 32.2. The average Bonchev–Trinajstić information content (AvgIpc) is 3.32. The van der Waals surface area contributed by atoms with Crippen molar-refractivity contribution >= 4 is 28.4 Å². The Morgan fingerprint density at radius 2 is 1.70 bits per heavy atom. The summed E-state index contributed by atoms with van der Waals surface area (Å²) >= 11 is 1.30. The van der Waals surface area contributed by atoms with Gasteiger partial charge in [0.15, 0.2) is 0 Å². The molecule has 168 valence electrons. The summed E-state index contributed by atoms with van der Waals surface area (Å²) in [6.07, 6.45) is 0. The lowest BCUT2D eigenvalue weighted by atomic mass is 10.0. The fourth-order valence-electron chi connectivity index (χ4n) is 4.23. The number of amides is 1. The standard InChI is InChI=1S/C26H26N4O2S/c1-19-7-2-4-11-22(19)25-27-28-26(32-25)33-18-24(31)30-15-13-29(14-16-30)17-21-10-6-9-20-8-3-5-12-23(20)21/h2-12H,13-18H2,1H3. The van der Waals surface area contributed by atoms with Gasteiger partial charge in [0.1, 0.15) is 0 Å². The highest BCUT2D eigenvalue weighted by Crippen LogP contribution is 2.26. The van der Waals surface area contributed by atoms with E-state index in [2.05, 4.69) is 57.6 Å². The number of hydrogen-bond acceptors (Lipinski definition) is 6. The van der Waals surface area contributed by atoms with Crippen molar-refractivity contribution in [2.75, 3.05) is 31.9 Å².